The van der Waals surface area contributed by atoms with Crippen molar-refractivity contribution < 1.29 is 9.59 Å². The normalized spacial score (nSPS) is 13.6. The molecule has 0 unspecified atom stereocenters. The Hall–Kier alpha value is -3.86. The molecule has 1 aliphatic heterocycles. The van der Waals surface area contributed by atoms with Crippen molar-refractivity contribution in [3.05, 3.63) is 96.2 Å². The van der Waals surface area contributed by atoms with Crippen molar-refractivity contribution in [1.82, 2.24) is 0 Å². The van der Waals surface area contributed by atoms with E-state index < -0.39 is 0 Å². The summed E-state index contributed by atoms with van der Waals surface area (Å²) in [6, 6.07) is 26.8. The van der Waals surface area contributed by atoms with E-state index in [0.717, 1.165) is 30.0 Å². The van der Waals surface area contributed by atoms with E-state index in [4.69, 9.17) is 0 Å². The van der Waals surface area contributed by atoms with Crippen molar-refractivity contribution in [2.45, 2.75) is 20.8 Å². The zero-order valence-corrected chi connectivity index (χ0v) is 19.4. The summed E-state index contributed by atoms with van der Waals surface area (Å²) in [5.41, 5.74) is 4.10. The first-order valence-electron chi connectivity index (χ1n) is 11.5. The molecule has 168 valence electrons. The predicted octanol–water partition coefficient (Wildman–Crippen LogP) is 5.34. The van der Waals surface area contributed by atoms with Gasteiger partial charge in [-0.05, 0) is 62.7 Å². The fourth-order valence-electron chi connectivity index (χ4n) is 4.35. The maximum atomic E-state index is 13.8. The largest absolute Gasteiger partial charge is 0.372 e. The minimum Gasteiger partial charge on any atom is -0.372 e. The second-order valence-corrected chi connectivity index (χ2v) is 7.80. The van der Waals surface area contributed by atoms with E-state index in [1.54, 1.807) is 0 Å². The van der Waals surface area contributed by atoms with E-state index in [-0.39, 0.29) is 11.8 Å². The highest BCUT2D eigenvalue weighted by molar-refractivity contribution is 6.46. The molecule has 1 aliphatic rings. The van der Waals surface area contributed by atoms with Gasteiger partial charge in [0.05, 0.1) is 11.3 Å². The van der Waals surface area contributed by atoms with Crippen molar-refractivity contribution in [3.63, 3.8) is 0 Å². The molecule has 0 spiro atoms. The number of amides is 2. The zero-order chi connectivity index (χ0) is 23.4. The van der Waals surface area contributed by atoms with Gasteiger partial charge in [-0.3, -0.25) is 9.59 Å². The molecule has 0 fully saturated rings. The highest BCUT2D eigenvalue weighted by Crippen LogP contribution is 2.37. The average Bonchev–Trinajstić information content (AvgIpc) is 3.12. The van der Waals surface area contributed by atoms with E-state index >= 15 is 0 Å². The summed E-state index contributed by atoms with van der Waals surface area (Å²) in [6.07, 6.45) is 0. The Labute approximate surface area is 195 Å². The van der Waals surface area contributed by atoms with Crippen molar-refractivity contribution in [3.8, 4) is 0 Å². The molecule has 4 rings (SSSR count). The molecule has 0 aliphatic carbocycles. The van der Waals surface area contributed by atoms with Gasteiger partial charge >= 0.3 is 0 Å². The summed E-state index contributed by atoms with van der Waals surface area (Å²) in [5, 5.41) is 0. The van der Waals surface area contributed by atoms with E-state index in [0.29, 0.717) is 23.5 Å². The number of benzene rings is 3. The minimum absolute atomic E-state index is 0.300. The van der Waals surface area contributed by atoms with Crippen LogP contribution in [-0.4, -0.2) is 31.4 Å². The lowest BCUT2D eigenvalue weighted by atomic mass is 10.0. The Morgan fingerprint density at radius 1 is 0.636 bits per heavy atom. The molecular weight excluding hydrogens is 410 g/mol. The summed E-state index contributed by atoms with van der Waals surface area (Å²) in [6.45, 7) is 8.55. The van der Waals surface area contributed by atoms with Crippen LogP contribution in [-0.2, 0) is 9.59 Å². The first kappa shape index (κ1) is 22.3. The number of nitrogens with zero attached hydrogens (tertiary/aromatic N) is 3. The van der Waals surface area contributed by atoms with Crippen molar-refractivity contribution in [2.24, 2.45) is 0 Å². The molecule has 5 heteroatoms. The molecule has 0 radical (unpaired) electrons. The highest BCUT2D eigenvalue weighted by atomic mass is 16.2. The Kier molecular flexibility index (Phi) is 6.59. The molecule has 5 nitrogen and oxygen atoms in total. The number of anilines is 3. The maximum Gasteiger partial charge on any atom is 0.282 e. The maximum absolute atomic E-state index is 13.8. The molecule has 3 aromatic rings. The van der Waals surface area contributed by atoms with Crippen molar-refractivity contribution in [2.75, 3.05) is 34.3 Å². The molecule has 33 heavy (non-hydrogen) atoms. The summed E-state index contributed by atoms with van der Waals surface area (Å²) in [7, 11) is 0. The lowest BCUT2D eigenvalue weighted by Crippen LogP contribution is -2.35. The first-order valence-corrected chi connectivity index (χ1v) is 11.5. The summed E-state index contributed by atoms with van der Waals surface area (Å²) in [5.74, 6) is -0.605. The van der Waals surface area contributed by atoms with E-state index in [2.05, 4.69) is 18.7 Å². The van der Waals surface area contributed by atoms with Crippen LogP contribution < -0.4 is 14.7 Å². The van der Waals surface area contributed by atoms with Crippen LogP contribution >= 0.6 is 0 Å². The van der Waals surface area contributed by atoms with Gasteiger partial charge in [0.25, 0.3) is 11.8 Å². The van der Waals surface area contributed by atoms with Gasteiger partial charge in [-0.25, -0.2) is 4.90 Å². The summed E-state index contributed by atoms with van der Waals surface area (Å²) in [4.78, 5) is 33.0. The SMILES string of the molecule is CCN(CC)c1ccc(N2C(=O)C(c3ccccc3)=C(N(CC)c3ccccc3)C2=O)cc1. The Morgan fingerprint density at radius 2 is 1.21 bits per heavy atom. The third kappa shape index (κ3) is 4.14. The minimum atomic E-state index is -0.305. The van der Waals surface area contributed by atoms with Gasteiger partial charge in [-0.15, -0.1) is 0 Å². The van der Waals surface area contributed by atoms with Gasteiger partial charge in [0, 0.05) is 31.0 Å². The van der Waals surface area contributed by atoms with Crippen LogP contribution in [0.3, 0.4) is 0 Å². The molecule has 0 bridgehead atoms. The quantitative estimate of drug-likeness (QED) is 0.444. The van der Waals surface area contributed by atoms with Crippen LogP contribution in [0.25, 0.3) is 5.57 Å². The zero-order valence-electron chi connectivity index (χ0n) is 19.4. The van der Waals surface area contributed by atoms with Gasteiger partial charge in [0.2, 0.25) is 0 Å². The second kappa shape index (κ2) is 9.74. The van der Waals surface area contributed by atoms with Crippen LogP contribution in [0.1, 0.15) is 26.3 Å². The number of rotatable bonds is 8. The van der Waals surface area contributed by atoms with Crippen LogP contribution in [0.15, 0.2) is 90.6 Å². The van der Waals surface area contributed by atoms with E-state index in [9.17, 15) is 9.59 Å². The lowest BCUT2D eigenvalue weighted by Gasteiger charge is -2.25. The third-order valence-electron chi connectivity index (χ3n) is 6.01. The molecule has 0 atom stereocenters. The summed E-state index contributed by atoms with van der Waals surface area (Å²) < 4.78 is 0. The van der Waals surface area contributed by atoms with Gasteiger partial charge in [0.1, 0.15) is 5.70 Å². The second-order valence-electron chi connectivity index (χ2n) is 7.80. The summed E-state index contributed by atoms with van der Waals surface area (Å²) >= 11 is 0. The molecule has 0 N–H and O–H groups in total. The fourth-order valence-corrected chi connectivity index (χ4v) is 4.35. The fraction of sp³-hybridized carbons (Fsp3) is 0.214. The number of imide groups is 1. The Bertz CT molecular complexity index is 1150. The van der Waals surface area contributed by atoms with Crippen LogP contribution in [0.2, 0.25) is 0 Å². The molecule has 0 saturated heterocycles. The van der Waals surface area contributed by atoms with Gasteiger partial charge in [-0.1, -0.05) is 48.5 Å². The number of hydrogen-bond donors (Lipinski definition) is 0. The predicted molar refractivity (Wildman–Crippen MR) is 135 cm³/mol. The molecule has 2 amide bonds. The molecule has 1 heterocycles. The van der Waals surface area contributed by atoms with Gasteiger partial charge in [-0.2, -0.15) is 0 Å². The monoisotopic (exact) mass is 439 g/mol. The Morgan fingerprint density at radius 3 is 1.76 bits per heavy atom. The van der Waals surface area contributed by atoms with Crippen molar-refractivity contribution in [1.29, 1.82) is 0 Å². The van der Waals surface area contributed by atoms with E-state index in [1.165, 1.54) is 4.90 Å². The van der Waals surface area contributed by atoms with Gasteiger partial charge in [0.15, 0.2) is 0 Å². The first-order chi connectivity index (χ1) is 16.1. The van der Waals surface area contributed by atoms with E-state index in [1.807, 2.05) is 96.8 Å². The highest BCUT2D eigenvalue weighted by Gasteiger charge is 2.42. The van der Waals surface area contributed by atoms with Crippen LogP contribution in [0.5, 0.6) is 0 Å². The number of para-hydroxylation sites is 1. The number of carbonyl (C=O) groups excluding carboxylic acids is 2. The number of hydrogen-bond acceptors (Lipinski definition) is 4. The average molecular weight is 440 g/mol. The van der Waals surface area contributed by atoms with Crippen LogP contribution in [0, 0.1) is 0 Å². The third-order valence-corrected chi connectivity index (χ3v) is 6.01. The lowest BCUT2D eigenvalue weighted by molar-refractivity contribution is -0.120. The smallest absolute Gasteiger partial charge is 0.282 e. The van der Waals surface area contributed by atoms with Gasteiger partial charge < -0.3 is 9.80 Å². The number of carbonyl (C=O) groups is 2. The molecule has 0 saturated carbocycles. The molecule has 0 aromatic heterocycles. The standard InChI is InChI=1S/C28H29N3O2/c1-4-29(5-2)22-17-19-24(20-18-22)31-27(32)25(21-13-9-7-10-14-21)26(28(31)33)30(6-3)23-15-11-8-12-16-23/h7-20H,4-6H2,1-3H3. The molecular formula is C28H29N3O2. The number of likely N-dealkylation sites (N-methyl/N-ethyl adjacent to an activating group) is 1. The van der Waals surface area contributed by atoms with Crippen LogP contribution in [0.4, 0.5) is 17.1 Å². The van der Waals surface area contributed by atoms with Crippen molar-refractivity contribution >= 4 is 34.4 Å². The topological polar surface area (TPSA) is 43.9 Å². The molecule has 3 aromatic carbocycles. The Balaban J connectivity index is 1.80.